The third kappa shape index (κ3) is 3.33. The fraction of sp³-hybridized carbons (Fsp3) is 0.600. The van der Waals surface area contributed by atoms with Gasteiger partial charge in [-0.2, -0.15) is 18.4 Å². The Morgan fingerprint density at radius 3 is 2.18 bits per heavy atom. The highest BCUT2D eigenvalue weighted by molar-refractivity contribution is 5.81. The fourth-order valence-electron chi connectivity index (χ4n) is 2.61. The molecule has 1 fully saturated rings. The Morgan fingerprint density at radius 1 is 1.36 bits per heavy atom. The molecule has 0 aromatic carbocycles. The first-order valence-corrected chi connectivity index (χ1v) is 6.83. The third-order valence-corrected chi connectivity index (χ3v) is 4.19. The number of halogens is 3. The van der Waals surface area contributed by atoms with Crippen LogP contribution in [0.3, 0.4) is 0 Å². The molecule has 122 valence electrons. The number of carboxylic acids is 1. The van der Waals surface area contributed by atoms with E-state index < -0.39 is 34.7 Å². The summed E-state index contributed by atoms with van der Waals surface area (Å²) in [4.78, 5) is 10.5. The lowest BCUT2D eigenvalue weighted by Crippen LogP contribution is -2.53. The monoisotopic (exact) mass is 317 g/mol. The zero-order valence-corrected chi connectivity index (χ0v) is 12.3. The second kappa shape index (κ2) is 6.13. The molecular formula is C15H18F3NO3. The van der Waals surface area contributed by atoms with Crippen LogP contribution >= 0.6 is 0 Å². The van der Waals surface area contributed by atoms with Crippen LogP contribution in [-0.2, 0) is 4.79 Å². The maximum Gasteiger partial charge on any atom is 0.416 e. The van der Waals surface area contributed by atoms with Crippen molar-refractivity contribution >= 4 is 5.97 Å². The van der Waals surface area contributed by atoms with Gasteiger partial charge in [-0.05, 0) is 18.8 Å². The highest BCUT2D eigenvalue weighted by Crippen LogP contribution is 2.52. The van der Waals surface area contributed by atoms with Gasteiger partial charge in [-0.15, -0.1) is 0 Å². The smallest absolute Gasteiger partial charge is 0.416 e. The maximum absolute atomic E-state index is 12.8. The van der Waals surface area contributed by atoms with Crippen LogP contribution in [0.4, 0.5) is 13.2 Å². The molecule has 7 heteroatoms. The number of carboxylic acid groups (broad SMARTS) is 1. The number of hydrogen-bond acceptors (Lipinski definition) is 3. The van der Waals surface area contributed by atoms with Gasteiger partial charge in [0.2, 0.25) is 0 Å². The lowest BCUT2D eigenvalue weighted by atomic mass is 9.56. The van der Waals surface area contributed by atoms with Gasteiger partial charge in [-0.1, -0.05) is 32.4 Å². The summed E-state index contributed by atoms with van der Waals surface area (Å²) in [5.74, 6) is -2.23. The summed E-state index contributed by atoms with van der Waals surface area (Å²) in [5, 5.41) is 28.6. The zero-order valence-electron chi connectivity index (χ0n) is 12.3. The van der Waals surface area contributed by atoms with E-state index in [9.17, 15) is 28.3 Å². The van der Waals surface area contributed by atoms with Gasteiger partial charge >= 0.3 is 12.1 Å². The lowest BCUT2D eigenvalue weighted by Gasteiger charge is -2.49. The number of alkyl halides is 3. The predicted molar refractivity (Wildman–Crippen MR) is 72.6 cm³/mol. The summed E-state index contributed by atoms with van der Waals surface area (Å²) < 4.78 is 38.4. The second-order valence-electron chi connectivity index (χ2n) is 5.80. The Hall–Kier alpha value is -1.81. The van der Waals surface area contributed by atoms with E-state index in [4.69, 9.17) is 5.11 Å². The summed E-state index contributed by atoms with van der Waals surface area (Å²) in [5.41, 5.74) is -4.26. The minimum atomic E-state index is -4.85. The van der Waals surface area contributed by atoms with Gasteiger partial charge in [0.15, 0.2) is 0 Å². The minimum Gasteiger partial charge on any atom is -0.478 e. The van der Waals surface area contributed by atoms with Gasteiger partial charge in [0, 0.05) is 6.08 Å². The first-order chi connectivity index (χ1) is 9.98. The molecule has 0 heterocycles. The summed E-state index contributed by atoms with van der Waals surface area (Å²) in [6.07, 6.45) is -1.84. The average molecular weight is 317 g/mol. The van der Waals surface area contributed by atoms with Crippen LogP contribution < -0.4 is 0 Å². The van der Waals surface area contributed by atoms with Crippen molar-refractivity contribution in [1.82, 2.24) is 0 Å². The standard InChI is InChI=1S/C15H18F3NO3/c1-10(2)14(22,13(9-19)5-3-6-13)7-4-11(8-12(20)21)15(16,17)18/h4,7-8,10,22H,3,5-6H2,1-2H3,(H,20,21)/b7-4+,11-8+. The summed E-state index contributed by atoms with van der Waals surface area (Å²) in [6, 6.07) is 2.02. The molecule has 0 aromatic heterocycles. The Bertz CT molecular complexity index is 539. The fourth-order valence-corrected chi connectivity index (χ4v) is 2.61. The molecule has 4 nitrogen and oxygen atoms in total. The Kier molecular flexibility index (Phi) is 5.08. The van der Waals surface area contributed by atoms with Crippen LogP contribution in [0.5, 0.6) is 0 Å². The topological polar surface area (TPSA) is 81.3 Å². The Balaban J connectivity index is 3.25. The molecule has 1 rings (SSSR count). The van der Waals surface area contributed by atoms with E-state index in [1.807, 2.05) is 6.07 Å². The van der Waals surface area contributed by atoms with Crippen molar-refractivity contribution in [2.45, 2.75) is 44.9 Å². The quantitative estimate of drug-likeness (QED) is 0.602. The molecule has 0 aromatic rings. The highest BCUT2D eigenvalue weighted by atomic mass is 19.4. The molecule has 1 aliphatic carbocycles. The van der Waals surface area contributed by atoms with Crippen molar-refractivity contribution in [3.8, 4) is 6.07 Å². The van der Waals surface area contributed by atoms with Crippen LogP contribution in [0.2, 0.25) is 0 Å². The molecule has 2 N–H and O–H groups in total. The molecule has 1 aliphatic rings. The first-order valence-electron chi connectivity index (χ1n) is 6.83. The number of rotatable bonds is 5. The normalized spacial score (nSPS) is 21.3. The number of aliphatic hydroxyl groups is 1. The van der Waals surface area contributed by atoms with Crippen molar-refractivity contribution < 1.29 is 28.2 Å². The molecule has 0 amide bonds. The van der Waals surface area contributed by atoms with E-state index >= 15 is 0 Å². The van der Waals surface area contributed by atoms with Crippen molar-refractivity contribution in [1.29, 1.82) is 5.26 Å². The van der Waals surface area contributed by atoms with Crippen LogP contribution in [0, 0.1) is 22.7 Å². The molecule has 0 saturated heterocycles. The number of nitriles is 1. The molecule has 1 atom stereocenters. The van der Waals surface area contributed by atoms with E-state index in [-0.39, 0.29) is 6.08 Å². The zero-order chi connectivity index (χ0) is 17.2. The SMILES string of the molecule is CC(C)C(O)(/C=C/C(=C\C(=O)O)C(F)(F)F)C1(C#N)CCC1. The molecular weight excluding hydrogens is 299 g/mol. The second-order valence-corrected chi connectivity index (χ2v) is 5.80. The van der Waals surface area contributed by atoms with E-state index in [1.165, 1.54) is 0 Å². The van der Waals surface area contributed by atoms with Crippen LogP contribution in [0.25, 0.3) is 0 Å². The molecule has 1 unspecified atom stereocenters. The van der Waals surface area contributed by atoms with E-state index in [0.717, 1.165) is 6.08 Å². The highest BCUT2D eigenvalue weighted by Gasteiger charge is 2.55. The molecule has 0 radical (unpaired) electrons. The van der Waals surface area contributed by atoms with E-state index in [1.54, 1.807) is 13.8 Å². The number of hydrogen-bond donors (Lipinski definition) is 2. The van der Waals surface area contributed by atoms with Crippen LogP contribution in [0.1, 0.15) is 33.1 Å². The molecule has 0 spiro atoms. The molecule has 0 bridgehead atoms. The number of nitrogens with zero attached hydrogens (tertiary/aromatic N) is 1. The lowest BCUT2D eigenvalue weighted by molar-refractivity contribution is -0.132. The Labute approximate surface area is 126 Å². The van der Waals surface area contributed by atoms with Crippen molar-refractivity contribution in [3.63, 3.8) is 0 Å². The third-order valence-electron chi connectivity index (χ3n) is 4.19. The Morgan fingerprint density at radius 2 is 1.91 bits per heavy atom. The minimum absolute atomic E-state index is 0.0388. The predicted octanol–water partition coefficient (Wildman–Crippen LogP) is 3.20. The van der Waals surface area contributed by atoms with E-state index in [2.05, 4.69) is 0 Å². The van der Waals surface area contributed by atoms with E-state index in [0.29, 0.717) is 25.3 Å². The van der Waals surface area contributed by atoms with Crippen LogP contribution in [-0.4, -0.2) is 28.0 Å². The van der Waals surface area contributed by atoms with Gasteiger partial charge < -0.3 is 10.2 Å². The maximum atomic E-state index is 12.8. The van der Waals surface area contributed by atoms with Crippen molar-refractivity contribution in [3.05, 3.63) is 23.8 Å². The number of allylic oxidation sites excluding steroid dienone is 2. The molecule has 0 aliphatic heterocycles. The first kappa shape index (κ1) is 18.2. The molecule has 22 heavy (non-hydrogen) atoms. The van der Waals surface area contributed by atoms with Crippen molar-refractivity contribution in [2.24, 2.45) is 11.3 Å². The average Bonchev–Trinajstić information content (AvgIpc) is 2.31. The summed E-state index contributed by atoms with van der Waals surface area (Å²) in [7, 11) is 0. The molecule has 1 saturated carbocycles. The summed E-state index contributed by atoms with van der Waals surface area (Å²) >= 11 is 0. The summed E-state index contributed by atoms with van der Waals surface area (Å²) in [6.45, 7) is 3.21. The number of aliphatic carboxylic acids is 1. The van der Waals surface area contributed by atoms with Gasteiger partial charge in [0.05, 0.1) is 17.1 Å². The van der Waals surface area contributed by atoms with Crippen molar-refractivity contribution in [2.75, 3.05) is 0 Å². The van der Waals surface area contributed by atoms with Gasteiger partial charge in [0.1, 0.15) is 5.60 Å². The van der Waals surface area contributed by atoms with Crippen LogP contribution in [0.15, 0.2) is 23.8 Å². The number of carbonyl (C=O) groups is 1. The van der Waals surface area contributed by atoms with Gasteiger partial charge in [0.25, 0.3) is 0 Å². The largest absolute Gasteiger partial charge is 0.478 e. The van der Waals surface area contributed by atoms with Gasteiger partial charge in [-0.25, -0.2) is 4.79 Å². The van der Waals surface area contributed by atoms with Gasteiger partial charge in [-0.3, -0.25) is 0 Å².